The number of alkyl halides is 2. The SMILES string of the molecule is O=S(=O)(c1ccccc1)C(Cl)(Cl)c1nnc(/C=C\c2ccc(O)cc2)o1. The highest BCUT2D eigenvalue weighted by atomic mass is 35.5. The van der Waals surface area contributed by atoms with E-state index in [4.69, 9.17) is 27.6 Å². The summed E-state index contributed by atoms with van der Waals surface area (Å²) in [5.41, 5.74) is 0.766. The number of nitrogens with zero attached hydrogens (tertiary/aromatic N) is 2. The van der Waals surface area contributed by atoms with Gasteiger partial charge in [-0.3, -0.25) is 0 Å². The predicted molar refractivity (Wildman–Crippen MR) is 98.3 cm³/mol. The Morgan fingerprint density at radius 2 is 1.62 bits per heavy atom. The number of benzene rings is 2. The van der Waals surface area contributed by atoms with Crippen LogP contribution in [0, 0.1) is 0 Å². The van der Waals surface area contributed by atoms with Gasteiger partial charge in [-0.25, -0.2) is 8.42 Å². The second kappa shape index (κ2) is 7.11. The maximum absolute atomic E-state index is 12.6. The summed E-state index contributed by atoms with van der Waals surface area (Å²) in [6.07, 6.45) is 3.12. The third-order valence-corrected chi connectivity index (χ3v) is 6.68. The van der Waals surface area contributed by atoms with E-state index in [0.29, 0.717) is 0 Å². The summed E-state index contributed by atoms with van der Waals surface area (Å²) in [4.78, 5) is -0.0654. The Morgan fingerprint density at radius 1 is 0.962 bits per heavy atom. The highest BCUT2D eigenvalue weighted by Gasteiger charge is 2.48. The Kier molecular flexibility index (Phi) is 5.04. The lowest BCUT2D eigenvalue weighted by molar-refractivity contribution is 0.475. The van der Waals surface area contributed by atoms with Crippen LogP contribution in [0.2, 0.25) is 0 Å². The zero-order chi connectivity index (χ0) is 18.8. The smallest absolute Gasteiger partial charge is 0.299 e. The lowest BCUT2D eigenvalue weighted by atomic mass is 10.2. The summed E-state index contributed by atoms with van der Waals surface area (Å²) < 4.78 is 28.2. The number of sulfone groups is 1. The molecule has 0 aliphatic rings. The van der Waals surface area contributed by atoms with Crippen LogP contribution in [0.15, 0.2) is 63.9 Å². The van der Waals surface area contributed by atoms with Crippen LogP contribution in [0.25, 0.3) is 12.2 Å². The third-order valence-electron chi connectivity index (χ3n) is 3.39. The van der Waals surface area contributed by atoms with Gasteiger partial charge in [-0.15, -0.1) is 10.2 Å². The number of rotatable bonds is 5. The molecular formula is C17H12Cl2N2O4S. The van der Waals surface area contributed by atoms with Gasteiger partial charge in [0.15, 0.2) is 0 Å². The van der Waals surface area contributed by atoms with E-state index in [1.54, 1.807) is 36.4 Å². The molecule has 0 radical (unpaired) electrons. The molecule has 9 heteroatoms. The quantitative estimate of drug-likeness (QED) is 0.638. The minimum atomic E-state index is -4.17. The molecule has 3 rings (SSSR count). The average molecular weight is 411 g/mol. The molecule has 0 amide bonds. The van der Waals surface area contributed by atoms with Crippen LogP contribution in [0.3, 0.4) is 0 Å². The molecule has 0 saturated carbocycles. The van der Waals surface area contributed by atoms with Crippen LogP contribution >= 0.6 is 23.2 Å². The molecule has 6 nitrogen and oxygen atoms in total. The Morgan fingerprint density at radius 3 is 2.27 bits per heavy atom. The van der Waals surface area contributed by atoms with E-state index in [1.165, 1.54) is 30.3 Å². The minimum absolute atomic E-state index is 0.0296. The largest absolute Gasteiger partial charge is 0.508 e. The van der Waals surface area contributed by atoms with E-state index < -0.39 is 19.4 Å². The number of hydrogen-bond acceptors (Lipinski definition) is 6. The first-order valence-electron chi connectivity index (χ1n) is 7.29. The van der Waals surface area contributed by atoms with Crippen LogP contribution in [0.4, 0.5) is 0 Å². The van der Waals surface area contributed by atoms with E-state index in [0.717, 1.165) is 5.56 Å². The van der Waals surface area contributed by atoms with Crippen molar-refractivity contribution in [3.8, 4) is 5.75 Å². The molecule has 0 atom stereocenters. The van der Waals surface area contributed by atoms with Gasteiger partial charge >= 0.3 is 0 Å². The second-order valence-corrected chi connectivity index (χ2v) is 9.07. The summed E-state index contributed by atoms with van der Waals surface area (Å²) in [5.74, 6) is -0.278. The lowest BCUT2D eigenvalue weighted by Gasteiger charge is -2.15. The molecule has 0 bridgehead atoms. The fraction of sp³-hybridized carbons (Fsp3) is 0.0588. The molecule has 0 saturated heterocycles. The van der Waals surface area contributed by atoms with Crippen molar-refractivity contribution >= 4 is 45.2 Å². The minimum Gasteiger partial charge on any atom is -0.508 e. The molecule has 3 aromatic rings. The molecule has 0 aliphatic carbocycles. The zero-order valence-electron chi connectivity index (χ0n) is 13.1. The Labute approximate surface area is 159 Å². The van der Waals surface area contributed by atoms with Crippen molar-refractivity contribution < 1.29 is 17.9 Å². The molecular weight excluding hydrogens is 399 g/mol. The Bertz CT molecular complexity index is 1030. The van der Waals surface area contributed by atoms with E-state index >= 15 is 0 Å². The molecule has 1 aromatic heterocycles. The van der Waals surface area contributed by atoms with E-state index in [1.807, 2.05) is 0 Å². The number of hydrogen-bond donors (Lipinski definition) is 1. The average Bonchev–Trinajstić information content (AvgIpc) is 3.11. The highest BCUT2D eigenvalue weighted by molar-refractivity contribution is 7.95. The molecule has 1 heterocycles. The summed E-state index contributed by atoms with van der Waals surface area (Å²) in [6, 6.07) is 13.9. The van der Waals surface area contributed by atoms with Crippen molar-refractivity contribution in [1.82, 2.24) is 10.2 Å². The Balaban J connectivity index is 1.87. The maximum Gasteiger partial charge on any atom is 0.299 e. The van der Waals surface area contributed by atoms with Crippen molar-refractivity contribution in [3.05, 3.63) is 71.9 Å². The third kappa shape index (κ3) is 3.60. The number of aromatic hydroxyl groups is 1. The summed E-state index contributed by atoms with van der Waals surface area (Å²) >= 11 is 12.1. The number of aromatic nitrogens is 2. The summed E-state index contributed by atoms with van der Waals surface area (Å²) in [5, 5.41) is 16.6. The van der Waals surface area contributed by atoms with Gasteiger partial charge in [0.05, 0.1) is 4.90 Å². The molecule has 0 aliphatic heterocycles. The van der Waals surface area contributed by atoms with Crippen LogP contribution in [-0.4, -0.2) is 23.7 Å². The van der Waals surface area contributed by atoms with Crippen molar-refractivity contribution in [2.75, 3.05) is 0 Å². The number of phenolic OH excluding ortho intramolecular Hbond substituents is 1. The summed E-state index contributed by atoms with van der Waals surface area (Å²) in [7, 11) is -4.17. The van der Waals surface area contributed by atoms with Gasteiger partial charge in [-0.1, -0.05) is 53.5 Å². The van der Waals surface area contributed by atoms with Crippen molar-refractivity contribution in [1.29, 1.82) is 0 Å². The first kappa shape index (κ1) is 18.4. The van der Waals surface area contributed by atoms with E-state index in [9.17, 15) is 13.5 Å². The molecule has 134 valence electrons. The molecule has 0 unspecified atom stereocenters. The van der Waals surface area contributed by atoms with Crippen molar-refractivity contribution in [3.63, 3.8) is 0 Å². The number of halogens is 2. The zero-order valence-corrected chi connectivity index (χ0v) is 15.4. The van der Waals surface area contributed by atoms with Gasteiger partial charge in [-0.2, -0.15) is 0 Å². The normalized spacial score (nSPS) is 12.5. The topological polar surface area (TPSA) is 93.3 Å². The second-order valence-electron chi connectivity index (χ2n) is 5.20. The first-order chi connectivity index (χ1) is 12.3. The van der Waals surface area contributed by atoms with Gasteiger partial charge < -0.3 is 9.52 Å². The molecule has 26 heavy (non-hydrogen) atoms. The molecule has 0 fully saturated rings. The van der Waals surface area contributed by atoms with Crippen LogP contribution < -0.4 is 0 Å². The maximum atomic E-state index is 12.6. The fourth-order valence-electron chi connectivity index (χ4n) is 2.04. The molecule has 2 aromatic carbocycles. The molecule has 1 N–H and O–H groups in total. The highest BCUT2D eigenvalue weighted by Crippen LogP contribution is 2.42. The van der Waals surface area contributed by atoms with Gasteiger partial charge in [0.1, 0.15) is 5.75 Å². The van der Waals surface area contributed by atoms with E-state index in [2.05, 4.69) is 10.2 Å². The van der Waals surface area contributed by atoms with Gasteiger partial charge in [0, 0.05) is 6.08 Å². The van der Waals surface area contributed by atoms with Crippen LogP contribution in [0.1, 0.15) is 17.3 Å². The lowest BCUT2D eigenvalue weighted by Crippen LogP contribution is -2.24. The molecule has 0 spiro atoms. The predicted octanol–water partition coefficient (Wildman–Crippen LogP) is 4.01. The van der Waals surface area contributed by atoms with Crippen LogP contribution in [0.5, 0.6) is 5.75 Å². The van der Waals surface area contributed by atoms with Gasteiger partial charge in [0.25, 0.3) is 9.56 Å². The monoisotopic (exact) mass is 410 g/mol. The first-order valence-corrected chi connectivity index (χ1v) is 9.53. The number of phenols is 1. The Hall–Kier alpha value is -2.35. The fourth-order valence-corrected chi connectivity index (χ4v) is 3.85. The van der Waals surface area contributed by atoms with Crippen LogP contribution in [-0.2, 0) is 13.5 Å². The van der Waals surface area contributed by atoms with Crippen molar-refractivity contribution in [2.24, 2.45) is 0 Å². The van der Waals surface area contributed by atoms with Gasteiger partial charge in [0.2, 0.25) is 15.7 Å². The van der Waals surface area contributed by atoms with Gasteiger partial charge in [-0.05, 0) is 35.9 Å². The van der Waals surface area contributed by atoms with E-state index in [-0.39, 0.29) is 16.5 Å². The van der Waals surface area contributed by atoms with Crippen molar-refractivity contribution in [2.45, 2.75) is 8.56 Å². The summed E-state index contributed by atoms with van der Waals surface area (Å²) in [6.45, 7) is 0. The standard InChI is InChI=1S/C17H12Cl2N2O4S/c18-17(19,26(23,24)14-4-2-1-3-5-14)16-21-20-15(25-16)11-8-12-6-9-13(22)10-7-12/h1-11,22H/b11-8-.